The van der Waals surface area contributed by atoms with Crippen molar-refractivity contribution in [2.75, 3.05) is 0 Å². The van der Waals surface area contributed by atoms with Crippen molar-refractivity contribution in [3.8, 4) is 0 Å². The van der Waals surface area contributed by atoms with Gasteiger partial charge in [-0.25, -0.2) is 0 Å². The molecular formula is C25H32N4O9. The van der Waals surface area contributed by atoms with Crippen molar-refractivity contribution in [2.45, 2.75) is 57.7 Å². The summed E-state index contributed by atoms with van der Waals surface area (Å²) < 4.78 is 0. The van der Waals surface area contributed by atoms with Crippen LogP contribution in [0.1, 0.15) is 55.5 Å². The monoisotopic (exact) mass is 532 g/mol. The van der Waals surface area contributed by atoms with Gasteiger partial charge >= 0.3 is 11.9 Å². The molecule has 13 nitrogen and oxygen atoms in total. The first-order chi connectivity index (χ1) is 17.8. The molecule has 7 N–H and O–H groups in total. The maximum Gasteiger partial charge on any atom is 0.305 e. The third-order valence-corrected chi connectivity index (χ3v) is 5.19. The van der Waals surface area contributed by atoms with Crippen LogP contribution < -0.4 is 21.7 Å². The predicted molar refractivity (Wildman–Crippen MR) is 134 cm³/mol. The summed E-state index contributed by atoms with van der Waals surface area (Å²) in [5, 5.41) is 25.1. The Balaban J connectivity index is 3.04. The number of hydrogen-bond acceptors (Lipinski definition) is 7. The van der Waals surface area contributed by atoms with Gasteiger partial charge in [-0.1, -0.05) is 32.1 Å². The van der Waals surface area contributed by atoms with Gasteiger partial charge in [0.15, 0.2) is 0 Å². The van der Waals surface area contributed by atoms with E-state index >= 15 is 0 Å². The van der Waals surface area contributed by atoms with E-state index in [1.165, 1.54) is 18.2 Å². The van der Waals surface area contributed by atoms with Gasteiger partial charge in [0.2, 0.25) is 17.7 Å². The van der Waals surface area contributed by atoms with Gasteiger partial charge in [0, 0.05) is 12.0 Å². The van der Waals surface area contributed by atoms with E-state index in [1.54, 1.807) is 32.1 Å². The average Bonchev–Trinajstić information content (AvgIpc) is 2.83. The summed E-state index contributed by atoms with van der Waals surface area (Å²) in [6.45, 7) is 3.59. The summed E-state index contributed by atoms with van der Waals surface area (Å²) in [5.41, 5.74) is 6.09. The lowest BCUT2D eigenvalue weighted by molar-refractivity contribution is -0.141. The second-order valence-electron chi connectivity index (χ2n) is 8.83. The molecule has 0 unspecified atom stereocenters. The Labute approximate surface area is 218 Å². The molecule has 13 heteroatoms. The van der Waals surface area contributed by atoms with E-state index in [-0.39, 0.29) is 24.3 Å². The number of aliphatic carboxylic acids is 2. The number of allylic oxidation sites excluding steroid dienone is 1. The first-order valence-corrected chi connectivity index (χ1v) is 11.7. The van der Waals surface area contributed by atoms with E-state index < -0.39 is 66.5 Å². The van der Waals surface area contributed by atoms with E-state index in [1.807, 2.05) is 0 Å². The smallest absolute Gasteiger partial charge is 0.305 e. The minimum Gasteiger partial charge on any atom is -0.481 e. The van der Waals surface area contributed by atoms with Crippen LogP contribution in [-0.2, 0) is 28.8 Å². The highest BCUT2D eigenvalue weighted by Gasteiger charge is 2.31. The molecule has 0 aliphatic rings. The zero-order chi connectivity index (χ0) is 28.8. The molecule has 3 atom stereocenters. The molecule has 0 saturated carbocycles. The van der Waals surface area contributed by atoms with E-state index in [0.29, 0.717) is 11.8 Å². The van der Waals surface area contributed by atoms with Crippen LogP contribution in [0.2, 0.25) is 0 Å². The fraction of sp³-hybridized carbons (Fsp3) is 0.400. The highest BCUT2D eigenvalue weighted by molar-refractivity contribution is 5.99. The number of nitrogens with two attached hydrogens (primary N) is 1. The van der Waals surface area contributed by atoms with Gasteiger partial charge in [0.05, 0.1) is 6.42 Å². The van der Waals surface area contributed by atoms with Crippen molar-refractivity contribution in [3.05, 3.63) is 41.5 Å². The van der Waals surface area contributed by atoms with E-state index in [2.05, 4.69) is 16.0 Å². The van der Waals surface area contributed by atoms with Crippen molar-refractivity contribution in [3.63, 3.8) is 0 Å². The predicted octanol–water partition coefficient (Wildman–Crippen LogP) is -0.162. The van der Waals surface area contributed by atoms with E-state index in [4.69, 9.17) is 10.8 Å². The number of primary amides is 1. The normalized spacial score (nSPS) is 13.2. The molecule has 38 heavy (non-hydrogen) atoms. The van der Waals surface area contributed by atoms with Crippen LogP contribution >= 0.6 is 0 Å². The Hall–Kier alpha value is -4.55. The van der Waals surface area contributed by atoms with Crippen molar-refractivity contribution in [2.24, 2.45) is 11.7 Å². The molecule has 0 heterocycles. The number of benzene rings is 1. The number of rotatable bonds is 16. The van der Waals surface area contributed by atoms with Crippen LogP contribution in [0.15, 0.2) is 30.3 Å². The van der Waals surface area contributed by atoms with E-state index in [9.17, 15) is 38.7 Å². The van der Waals surface area contributed by atoms with Crippen molar-refractivity contribution in [1.29, 1.82) is 0 Å². The molecule has 0 saturated heterocycles. The molecule has 0 radical (unpaired) electrons. The molecule has 1 aromatic carbocycles. The van der Waals surface area contributed by atoms with E-state index in [0.717, 1.165) is 0 Å². The average molecular weight is 533 g/mol. The molecule has 0 aromatic heterocycles. The molecule has 4 amide bonds. The van der Waals surface area contributed by atoms with Crippen molar-refractivity contribution in [1.82, 2.24) is 16.0 Å². The molecular weight excluding hydrogens is 500 g/mol. The molecule has 1 aromatic rings. The van der Waals surface area contributed by atoms with Crippen LogP contribution in [0.5, 0.6) is 0 Å². The number of carboxylic acid groups (broad SMARTS) is 2. The quantitative estimate of drug-likeness (QED) is 0.123. The standard InChI is InChI=1S/C25H32N4O9/c1-14(2)12-18(28-23(36)16-7-5-15(6-8-16)4-3-11-30)24(37)29-19(13-21(33)34)25(38)27-17(22(26)35)9-10-20(31)32/h3-8,11,14,17-19H,9-10,12-13H2,1-2H3,(H2,26,35)(H,27,38)(H,28,36)(H,29,37)(H,31,32)(H,33,34)/b4-3+/t17-,18-,19-/m0/s1. The first-order valence-electron chi connectivity index (χ1n) is 11.7. The Kier molecular flexibility index (Phi) is 12.9. The largest absolute Gasteiger partial charge is 0.481 e. The SMILES string of the molecule is CC(C)C[C@H](NC(=O)c1ccc(/C=C/C=O)cc1)C(=O)N[C@@H](CC(=O)O)C(=O)N[C@@H](CCC(=O)O)C(N)=O. The van der Waals surface area contributed by atoms with Crippen LogP contribution in [0.3, 0.4) is 0 Å². The molecule has 0 aliphatic carbocycles. The van der Waals surface area contributed by atoms with Crippen molar-refractivity contribution < 1.29 is 43.8 Å². The second-order valence-corrected chi connectivity index (χ2v) is 8.83. The van der Waals surface area contributed by atoms with Gasteiger partial charge in [-0.15, -0.1) is 0 Å². The molecule has 0 bridgehead atoms. The molecule has 206 valence electrons. The topological polar surface area (TPSA) is 222 Å². The van der Waals surface area contributed by atoms with Crippen molar-refractivity contribution >= 4 is 47.9 Å². The Morgan fingerprint density at radius 1 is 0.868 bits per heavy atom. The van der Waals surface area contributed by atoms with Gasteiger partial charge in [-0.3, -0.25) is 33.6 Å². The summed E-state index contributed by atoms with van der Waals surface area (Å²) in [5.74, 6) is -6.26. The Morgan fingerprint density at radius 3 is 1.95 bits per heavy atom. The first kappa shape index (κ1) is 31.5. The molecule has 0 aliphatic heterocycles. The third-order valence-electron chi connectivity index (χ3n) is 5.19. The highest BCUT2D eigenvalue weighted by atomic mass is 16.4. The highest BCUT2D eigenvalue weighted by Crippen LogP contribution is 2.10. The van der Waals surface area contributed by atoms with Gasteiger partial charge in [0.25, 0.3) is 5.91 Å². The number of amides is 4. The number of aldehydes is 1. The minimum atomic E-state index is -1.64. The lowest BCUT2D eigenvalue weighted by Gasteiger charge is -2.24. The number of carbonyl (C=O) groups is 7. The van der Waals surface area contributed by atoms with Crippen LogP contribution in [0.4, 0.5) is 0 Å². The Bertz CT molecular complexity index is 1070. The summed E-state index contributed by atoms with van der Waals surface area (Å²) in [6.07, 6.45) is 1.93. The molecule has 1 rings (SSSR count). The van der Waals surface area contributed by atoms with Gasteiger partial charge in [-0.2, -0.15) is 0 Å². The zero-order valence-electron chi connectivity index (χ0n) is 21.0. The summed E-state index contributed by atoms with van der Waals surface area (Å²) in [6, 6.07) is 2.00. The van der Waals surface area contributed by atoms with Gasteiger partial charge < -0.3 is 31.9 Å². The number of nitrogens with one attached hydrogen (secondary N) is 3. The lowest BCUT2D eigenvalue weighted by Crippen LogP contribution is -2.57. The third kappa shape index (κ3) is 11.5. The number of carboxylic acids is 2. The second kappa shape index (κ2) is 15.5. The zero-order valence-corrected chi connectivity index (χ0v) is 21.0. The summed E-state index contributed by atoms with van der Waals surface area (Å²) in [7, 11) is 0. The van der Waals surface area contributed by atoms with Gasteiger partial charge in [-0.05, 0) is 42.5 Å². The van der Waals surface area contributed by atoms with Gasteiger partial charge in [0.1, 0.15) is 24.4 Å². The van der Waals surface area contributed by atoms with Crippen LogP contribution in [0, 0.1) is 5.92 Å². The fourth-order valence-corrected chi connectivity index (χ4v) is 3.32. The number of carbonyl (C=O) groups excluding carboxylic acids is 5. The van der Waals surface area contributed by atoms with Crippen LogP contribution in [0.25, 0.3) is 6.08 Å². The summed E-state index contributed by atoms with van der Waals surface area (Å²) >= 11 is 0. The summed E-state index contributed by atoms with van der Waals surface area (Å²) in [4.78, 5) is 82.7. The number of hydrogen-bond donors (Lipinski definition) is 6. The Morgan fingerprint density at radius 2 is 1.45 bits per heavy atom. The van der Waals surface area contributed by atoms with Crippen LogP contribution in [-0.4, -0.2) is 70.2 Å². The minimum absolute atomic E-state index is 0.0797. The maximum absolute atomic E-state index is 13.0. The maximum atomic E-state index is 13.0. The molecule has 0 spiro atoms. The molecule has 0 fully saturated rings. The lowest BCUT2D eigenvalue weighted by atomic mass is 10.0. The fourth-order valence-electron chi connectivity index (χ4n) is 3.32.